The molecular weight excluding hydrogens is 604 g/mol. The third-order valence-corrected chi connectivity index (χ3v) is 14.6. The van der Waals surface area contributed by atoms with Gasteiger partial charge in [0.25, 0.3) is 0 Å². The number of allylic oxidation sites excluding steroid dienone is 1. The van der Waals surface area contributed by atoms with Gasteiger partial charge in [-0.05, 0) is 108 Å². The first kappa shape index (κ1) is 34.9. The van der Waals surface area contributed by atoms with E-state index < -0.39 is 24.0 Å². The normalized spacial score (nSPS) is 38.3. The van der Waals surface area contributed by atoms with Crippen LogP contribution in [-0.4, -0.2) is 36.4 Å². The van der Waals surface area contributed by atoms with E-state index >= 15 is 0 Å². The first-order valence-electron chi connectivity index (χ1n) is 18.3. The fourth-order valence-corrected chi connectivity index (χ4v) is 12.3. The van der Waals surface area contributed by atoms with Crippen LogP contribution in [0.2, 0.25) is 0 Å². The van der Waals surface area contributed by atoms with Crippen LogP contribution in [0.5, 0.6) is 0 Å². The van der Waals surface area contributed by atoms with E-state index in [1.165, 1.54) is 6.92 Å². The maximum absolute atomic E-state index is 14.2. The second-order valence-corrected chi connectivity index (χ2v) is 17.5. The van der Waals surface area contributed by atoms with Gasteiger partial charge in [0, 0.05) is 18.8 Å². The summed E-state index contributed by atoms with van der Waals surface area (Å²) >= 11 is 0. The molecular formula is C41H56O7. The number of Topliss-reactive ketones (excluding diaryl/α,β-unsaturated/α-hetero) is 1. The predicted molar refractivity (Wildman–Crippen MR) is 182 cm³/mol. The van der Waals surface area contributed by atoms with Crippen molar-refractivity contribution in [3.05, 3.63) is 47.0 Å². The van der Waals surface area contributed by atoms with Gasteiger partial charge in [0.15, 0.2) is 12.4 Å². The van der Waals surface area contributed by atoms with E-state index in [1.54, 1.807) is 0 Å². The summed E-state index contributed by atoms with van der Waals surface area (Å²) < 4.78 is 17.1. The zero-order valence-corrected chi connectivity index (χ0v) is 30.4. The number of fused-ring (bicyclic) bond motifs is 7. The van der Waals surface area contributed by atoms with Crippen LogP contribution in [0.15, 0.2) is 41.5 Å². The molecule has 0 bridgehead atoms. The van der Waals surface area contributed by atoms with Crippen molar-refractivity contribution in [2.24, 2.45) is 50.7 Å². The molecule has 0 radical (unpaired) electrons. The first-order chi connectivity index (χ1) is 22.5. The van der Waals surface area contributed by atoms with Crippen molar-refractivity contribution in [2.75, 3.05) is 6.61 Å². The average molecular weight is 661 g/mol. The van der Waals surface area contributed by atoms with Crippen molar-refractivity contribution >= 4 is 23.7 Å². The zero-order valence-electron chi connectivity index (χ0n) is 30.4. The Morgan fingerprint density at radius 2 is 1.54 bits per heavy atom. The number of hydrogen-bond acceptors (Lipinski definition) is 7. The Labute approximate surface area is 286 Å². The van der Waals surface area contributed by atoms with Crippen LogP contribution >= 0.6 is 0 Å². The molecule has 48 heavy (non-hydrogen) atoms. The summed E-state index contributed by atoms with van der Waals surface area (Å²) in [6, 6.07) is 9.42. The Kier molecular flexibility index (Phi) is 8.81. The van der Waals surface area contributed by atoms with Gasteiger partial charge in [-0.25, -0.2) is 4.79 Å². The van der Waals surface area contributed by atoms with Crippen LogP contribution in [-0.2, 0) is 40.0 Å². The second-order valence-electron chi connectivity index (χ2n) is 17.5. The van der Waals surface area contributed by atoms with Crippen molar-refractivity contribution in [3.8, 4) is 0 Å². The van der Waals surface area contributed by atoms with Crippen molar-refractivity contribution in [1.82, 2.24) is 0 Å². The molecule has 1 aromatic carbocycles. The fourth-order valence-electron chi connectivity index (χ4n) is 12.3. The summed E-state index contributed by atoms with van der Waals surface area (Å²) in [7, 11) is 0. The minimum absolute atomic E-state index is 0.00324. The Morgan fingerprint density at radius 1 is 0.833 bits per heavy atom. The standard InChI is InChI=1S/C41H56O7/c1-25(2)34-29(43)22-41(36(45)47-24-33(44)46-23-27-12-10-9-11-13-27)21-20-39(7)28(35(34)41)14-15-31-38(6)18-17-32(48-26(3)42)37(4,5)30(38)16-19-40(31,39)8/h9-13,25,28,30-32H,14-24H2,1-8H3/t28-,30+,31-,32+,38+,39-,40-,41-/m1/s1. The van der Waals surface area contributed by atoms with E-state index in [2.05, 4.69) is 48.5 Å². The highest BCUT2D eigenvalue weighted by Crippen LogP contribution is 2.76. The van der Waals surface area contributed by atoms with Gasteiger partial charge in [-0.15, -0.1) is 0 Å². The largest absolute Gasteiger partial charge is 0.462 e. The summed E-state index contributed by atoms with van der Waals surface area (Å²) in [5.74, 6) is -0.154. The summed E-state index contributed by atoms with van der Waals surface area (Å²) in [5, 5.41) is 0. The third kappa shape index (κ3) is 5.19. The highest BCUT2D eigenvalue weighted by Gasteiger charge is 2.71. The molecule has 7 heteroatoms. The maximum Gasteiger partial charge on any atom is 0.344 e. The van der Waals surface area contributed by atoms with Gasteiger partial charge in [-0.1, -0.05) is 78.8 Å². The number of rotatable bonds is 7. The molecule has 1 aromatic rings. The Morgan fingerprint density at radius 3 is 2.21 bits per heavy atom. The van der Waals surface area contributed by atoms with E-state index in [0.29, 0.717) is 18.3 Å². The lowest BCUT2D eigenvalue weighted by Crippen LogP contribution is -2.66. The maximum atomic E-state index is 14.2. The van der Waals surface area contributed by atoms with Crippen LogP contribution in [0.1, 0.15) is 119 Å². The van der Waals surface area contributed by atoms with Crippen LogP contribution in [0.25, 0.3) is 0 Å². The summed E-state index contributed by atoms with van der Waals surface area (Å²) in [6.07, 6.45) is 7.49. The van der Waals surface area contributed by atoms with Crippen LogP contribution in [0.3, 0.4) is 0 Å². The minimum atomic E-state index is -1.02. The van der Waals surface area contributed by atoms with E-state index in [4.69, 9.17) is 14.2 Å². The Balaban J connectivity index is 1.27. The number of hydrogen-bond donors (Lipinski definition) is 0. The number of esters is 3. The number of ketones is 1. The fraction of sp³-hybridized carbons (Fsp3) is 0.707. The molecule has 4 fully saturated rings. The minimum Gasteiger partial charge on any atom is -0.462 e. The number of carbonyl (C=O) groups excluding carboxylic acids is 4. The lowest BCUT2D eigenvalue weighted by molar-refractivity contribution is -0.233. The van der Waals surface area contributed by atoms with Crippen molar-refractivity contribution < 1.29 is 33.4 Å². The highest BCUT2D eigenvalue weighted by atomic mass is 16.6. The van der Waals surface area contributed by atoms with Crippen LogP contribution < -0.4 is 0 Å². The molecule has 0 saturated heterocycles. The van der Waals surface area contributed by atoms with Gasteiger partial charge in [-0.3, -0.25) is 14.4 Å². The van der Waals surface area contributed by atoms with Crippen molar-refractivity contribution in [2.45, 2.75) is 126 Å². The van der Waals surface area contributed by atoms with E-state index in [9.17, 15) is 19.2 Å². The van der Waals surface area contributed by atoms with Gasteiger partial charge in [-0.2, -0.15) is 0 Å². The molecule has 8 atom stereocenters. The molecule has 0 spiro atoms. The van der Waals surface area contributed by atoms with Crippen molar-refractivity contribution in [1.29, 1.82) is 0 Å². The molecule has 0 heterocycles. The SMILES string of the molecule is CC(=O)O[C@H]1CC[C@]2(C)[C@H]3CC[C@@H]4C5=C(C(C)C)C(=O)C[C@]5(C(=O)OCC(=O)OCc5ccccc5)CC[C@@]4(C)[C@]3(C)CC[C@H]2C1(C)C. The highest BCUT2D eigenvalue weighted by molar-refractivity contribution is 6.06. The molecule has 0 amide bonds. The average Bonchev–Trinajstić information content (AvgIpc) is 3.34. The molecule has 262 valence electrons. The first-order valence-corrected chi connectivity index (χ1v) is 18.3. The number of ether oxygens (including phenoxy) is 3. The lowest BCUT2D eigenvalue weighted by atomic mass is 9.33. The zero-order chi connectivity index (χ0) is 34.9. The second kappa shape index (κ2) is 12.1. The molecule has 0 aromatic heterocycles. The number of benzene rings is 1. The van der Waals surface area contributed by atoms with E-state index in [0.717, 1.165) is 61.7 Å². The molecule has 7 nitrogen and oxygen atoms in total. The third-order valence-electron chi connectivity index (χ3n) is 14.6. The van der Waals surface area contributed by atoms with Gasteiger partial charge in [0.2, 0.25) is 0 Å². The van der Waals surface area contributed by atoms with Gasteiger partial charge >= 0.3 is 17.9 Å². The van der Waals surface area contributed by atoms with Gasteiger partial charge in [0.1, 0.15) is 12.7 Å². The van der Waals surface area contributed by atoms with Crippen LogP contribution in [0, 0.1) is 50.7 Å². The smallest absolute Gasteiger partial charge is 0.344 e. The lowest BCUT2D eigenvalue weighted by Gasteiger charge is -2.72. The molecule has 5 aliphatic carbocycles. The predicted octanol–water partition coefficient (Wildman–Crippen LogP) is 8.19. The monoisotopic (exact) mass is 660 g/mol. The van der Waals surface area contributed by atoms with Crippen molar-refractivity contribution in [3.63, 3.8) is 0 Å². The quantitative estimate of drug-likeness (QED) is 0.215. The molecule has 6 rings (SSSR count). The number of carbonyl (C=O) groups is 4. The Hall–Kier alpha value is -2.96. The molecule has 4 saturated carbocycles. The van der Waals surface area contributed by atoms with E-state index in [-0.39, 0.29) is 64.4 Å². The molecule has 0 unspecified atom stereocenters. The molecule has 0 aliphatic heterocycles. The summed E-state index contributed by atoms with van der Waals surface area (Å²) in [6.45, 7) is 17.4. The van der Waals surface area contributed by atoms with Crippen LogP contribution in [0.4, 0.5) is 0 Å². The molecule has 5 aliphatic rings. The van der Waals surface area contributed by atoms with E-state index in [1.807, 2.05) is 30.3 Å². The topological polar surface area (TPSA) is 96.0 Å². The molecule has 0 N–H and O–H groups in total. The Bertz CT molecular complexity index is 1510. The summed E-state index contributed by atoms with van der Waals surface area (Å²) in [5.41, 5.74) is 1.59. The van der Waals surface area contributed by atoms with Gasteiger partial charge < -0.3 is 14.2 Å². The van der Waals surface area contributed by atoms with Gasteiger partial charge in [0.05, 0.1) is 5.41 Å². The summed E-state index contributed by atoms with van der Waals surface area (Å²) in [4.78, 5) is 52.8.